The highest BCUT2D eigenvalue weighted by Gasteiger charge is 2.36. The van der Waals surface area contributed by atoms with Crippen molar-refractivity contribution in [2.45, 2.75) is 91.1 Å². The van der Waals surface area contributed by atoms with Gasteiger partial charge in [-0.2, -0.15) is 10.2 Å². The number of aromatic amines is 1. The van der Waals surface area contributed by atoms with E-state index >= 15 is 0 Å². The van der Waals surface area contributed by atoms with Crippen LogP contribution >= 0.6 is 21.6 Å². The monoisotopic (exact) mass is 1130 g/mol. The molecular formula is C60H78FN11O6S2. The Labute approximate surface area is 476 Å². The Morgan fingerprint density at radius 3 is 2.14 bits per heavy atom. The lowest BCUT2D eigenvalue weighted by atomic mass is 9.95. The summed E-state index contributed by atoms with van der Waals surface area (Å²) in [6.07, 6.45) is 5.48. The maximum absolute atomic E-state index is 14.9. The number of rotatable bonds is 19. The Bertz CT molecular complexity index is 3270. The lowest BCUT2D eigenvalue weighted by Crippen LogP contribution is -2.51. The lowest BCUT2D eigenvalue weighted by Gasteiger charge is -2.36. The highest BCUT2D eigenvalue weighted by Crippen LogP contribution is 2.37. The molecule has 0 atom stereocenters. The molecule has 0 unspecified atom stereocenters. The third-order valence-electron chi connectivity index (χ3n) is 15.3. The maximum atomic E-state index is 14.9. The van der Waals surface area contributed by atoms with E-state index in [0.717, 1.165) is 68.9 Å². The first-order valence-electron chi connectivity index (χ1n) is 27.7. The zero-order valence-electron chi connectivity index (χ0n) is 47.8. The van der Waals surface area contributed by atoms with E-state index in [2.05, 4.69) is 71.2 Å². The number of carbonyl (C=O) groups is 3. The van der Waals surface area contributed by atoms with Crippen LogP contribution in [-0.2, 0) is 29.2 Å². The van der Waals surface area contributed by atoms with E-state index in [9.17, 15) is 33.5 Å². The van der Waals surface area contributed by atoms with Crippen molar-refractivity contribution >= 4 is 50.1 Å². The summed E-state index contributed by atoms with van der Waals surface area (Å²) in [4.78, 5) is 76.1. The predicted molar refractivity (Wildman–Crippen MR) is 318 cm³/mol. The molecule has 428 valence electrons. The number of hydrogen-bond acceptors (Lipinski definition) is 13. The molecular weight excluding hydrogens is 1050 g/mol. The number of nitrogens with one attached hydrogen (secondary N) is 1. The zero-order chi connectivity index (χ0) is 57.4. The molecule has 20 heteroatoms. The second-order valence-corrected chi connectivity index (χ2v) is 25.6. The second-order valence-electron chi connectivity index (χ2n) is 22.5. The Kier molecular flexibility index (Phi) is 19.8. The van der Waals surface area contributed by atoms with Gasteiger partial charge in [0.1, 0.15) is 18.2 Å². The number of fused-ring (bicyclic) bond motifs is 1. The third kappa shape index (κ3) is 15.0. The van der Waals surface area contributed by atoms with Crippen molar-refractivity contribution in [3.63, 3.8) is 0 Å². The first kappa shape index (κ1) is 59.8. The summed E-state index contributed by atoms with van der Waals surface area (Å²) < 4.78 is 18.1. The molecule has 80 heavy (non-hydrogen) atoms. The van der Waals surface area contributed by atoms with Gasteiger partial charge in [-0.25, -0.2) is 23.5 Å². The minimum absolute atomic E-state index is 0.00220. The van der Waals surface area contributed by atoms with Crippen LogP contribution in [0.4, 0.5) is 4.39 Å². The molecule has 2 aromatic heterocycles. The van der Waals surface area contributed by atoms with Crippen LogP contribution < -0.4 is 11.2 Å². The number of aryl methyl sites for hydroxylation is 1. The Hall–Kier alpha value is -6.32. The number of amides is 3. The van der Waals surface area contributed by atoms with Gasteiger partial charge in [-0.3, -0.25) is 24.1 Å². The zero-order valence-corrected chi connectivity index (χ0v) is 49.5. The largest absolute Gasteiger partial charge is 0.507 e. The van der Waals surface area contributed by atoms with E-state index in [4.69, 9.17) is 0 Å². The molecule has 4 heterocycles. The number of phenolic OH excluding ortho intramolecular Hbond substituents is 1. The summed E-state index contributed by atoms with van der Waals surface area (Å²) >= 11 is 0. The molecule has 3 amide bonds. The minimum atomic E-state index is -0.610. The molecule has 0 spiro atoms. The highest BCUT2D eigenvalue weighted by atomic mass is 33.1. The fraction of sp³-hybridized carbons (Fsp3) is 0.483. The molecule has 17 nitrogen and oxygen atoms in total. The fourth-order valence-corrected chi connectivity index (χ4v) is 12.6. The lowest BCUT2D eigenvalue weighted by molar-refractivity contribution is -0.134. The molecule has 2 saturated heterocycles. The topological polar surface area (TPSA) is 176 Å². The number of nitrogens with zero attached hydrogens (tertiary/aromatic N) is 10. The van der Waals surface area contributed by atoms with E-state index in [1.165, 1.54) is 34.2 Å². The van der Waals surface area contributed by atoms with Gasteiger partial charge in [-0.15, -0.1) is 0 Å². The smallest absolute Gasteiger partial charge is 0.348 e. The number of phenols is 1. The first-order valence-corrected chi connectivity index (χ1v) is 30.3. The number of benzene rings is 4. The molecule has 3 aliphatic rings. The van der Waals surface area contributed by atoms with Crippen LogP contribution in [0, 0.1) is 18.7 Å². The number of hydrogen-bond donors (Lipinski definition) is 2. The molecule has 1 saturated carbocycles. The van der Waals surface area contributed by atoms with Crippen LogP contribution in [0.15, 0.2) is 88.5 Å². The van der Waals surface area contributed by atoms with Crippen molar-refractivity contribution < 1.29 is 23.9 Å². The molecule has 2 aliphatic heterocycles. The summed E-state index contributed by atoms with van der Waals surface area (Å²) in [5.41, 5.74) is 5.23. The van der Waals surface area contributed by atoms with Crippen molar-refractivity contribution in [2.24, 2.45) is 5.92 Å². The summed E-state index contributed by atoms with van der Waals surface area (Å²) in [6.45, 7) is 21.4. The van der Waals surface area contributed by atoms with E-state index < -0.39 is 11.7 Å². The summed E-state index contributed by atoms with van der Waals surface area (Å²) in [5, 5.41) is 23.3. The van der Waals surface area contributed by atoms with Crippen LogP contribution in [0.1, 0.15) is 98.1 Å². The molecule has 0 bridgehead atoms. The van der Waals surface area contributed by atoms with Gasteiger partial charge in [-0.05, 0) is 138 Å². The van der Waals surface area contributed by atoms with Gasteiger partial charge >= 0.3 is 5.69 Å². The standard InChI is InChI=1S/C31H37FN6O4.C29H41N5O2S2/c1-21(39)37(13-12-34(2)3)20-38-31(42)25-7-5-4-6-24(25)28(33-38)19-22-8-11-27(32)26(18-22)30(41)36-16-14-35(15-17-36)29(40)23-9-10-23;1-20(2)24-18-25(26(35)17-21(24)3)27-30-31-28(36)34(27)23-9-7-22(8-10-23)19-33-15-13-32(14-16-33)12-11-29(4,5)38-37-6/h4-8,11,18,23H,9-10,12-17,19-20H2,1-3H3;7-10,17-18,20,35H,11-16,19H2,1-6H3,(H,31,36). The quantitative estimate of drug-likeness (QED) is 0.0751. The van der Waals surface area contributed by atoms with Crippen molar-refractivity contribution in [3.05, 3.63) is 139 Å². The maximum Gasteiger partial charge on any atom is 0.348 e. The van der Waals surface area contributed by atoms with Gasteiger partial charge in [0.05, 0.1) is 27.9 Å². The van der Waals surface area contributed by atoms with Crippen LogP contribution in [-0.4, -0.2) is 174 Å². The van der Waals surface area contributed by atoms with Gasteiger partial charge < -0.3 is 29.6 Å². The summed E-state index contributed by atoms with van der Waals surface area (Å²) in [6, 6.07) is 23.4. The minimum Gasteiger partial charge on any atom is -0.507 e. The van der Waals surface area contributed by atoms with Crippen molar-refractivity contribution in [3.8, 4) is 22.8 Å². The van der Waals surface area contributed by atoms with Crippen LogP contribution in [0.3, 0.4) is 0 Å². The summed E-state index contributed by atoms with van der Waals surface area (Å²) in [5.74, 6) is -0.0775. The van der Waals surface area contributed by atoms with Crippen LogP contribution in [0.25, 0.3) is 27.8 Å². The number of H-pyrrole nitrogens is 1. The first-order chi connectivity index (χ1) is 38.2. The molecule has 0 radical (unpaired) electrons. The average molecular weight is 1130 g/mol. The van der Waals surface area contributed by atoms with Crippen molar-refractivity contribution in [1.29, 1.82) is 0 Å². The van der Waals surface area contributed by atoms with Crippen molar-refractivity contribution in [1.82, 2.24) is 53.9 Å². The van der Waals surface area contributed by atoms with Crippen LogP contribution in [0.5, 0.6) is 5.75 Å². The van der Waals surface area contributed by atoms with Gasteiger partial charge in [-0.1, -0.05) is 71.8 Å². The number of aromatic hydroxyl groups is 1. The molecule has 1 aliphatic carbocycles. The Morgan fingerprint density at radius 1 is 0.850 bits per heavy atom. The molecule has 2 N–H and O–H groups in total. The second kappa shape index (κ2) is 26.5. The van der Waals surface area contributed by atoms with Gasteiger partial charge in [0.15, 0.2) is 5.82 Å². The highest BCUT2D eigenvalue weighted by molar-refractivity contribution is 8.76. The predicted octanol–water partition coefficient (Wildman–Crippen LogP) is 7.85. The number of carbonyl (C=O) groups excluding carboxylic acids is 3. The SMILES string of the molecule is CC(=O)N(CCN(C)C)Cn1nc(Cc2ccc(F)c(C(=O)N3CCN(C(=O)C4CC4)CC3)c2)c2ccccc2c1=O.CSSC(C)(C)CCN1CCN(Cc2ccc(-n3c(-c4cc(C(C)C)c(C)cc4O)n[nH]c3=O)cc2)CC1. The molecule has 9 rings (SSSR count). The molecule has 6 aromatic rings. The fourth-order valence-electron chi connectivity index (χ4n) is 10.4. The number of piperazine rings is 2. The Balaban J connectivity index is 0.000000211. The third-order valence-corrected chi connectivity index (χ3v) is 17.9. The van der Waals surface area contributed by atoms with Gasteiger partial charge in [0.2, 0.25) is 11.8 Å². The van der Waals surface area contributed by atoms with E-state index in [1.54, 1.807) is 45.0 Å². The van der Waals surface area contributed by atoms with Gasteiger partial charge in [0, 0.05) is 101 Å². The molecule has 4 aromatic carbocycles. The van der Waals surface area contributed by atoms with Crippen molar-refractivity contribution in [2.75, 3.05) is 92.3 Å². The molecule has 3 fully saturated rings. The van der Waals surface area contributed by atoms with E-state index in [0.29, 0.717) is 83.4 Å². The Morgan fingerprint density at radius 2 is 1.50 bits per heavy atom. The number of aromatic nitrogens is 5. The van der Waals surface area contributed by atoms with Gasteiger partial charge in [0.25, 0.3) is 11.5 Å². The summed E-state index contributed by atoms with van der Waals surface area (Å²) in [7, 11) is 7.64. The van der Waals surface area contributed by atoms with Crippen LogP contribution in [0.2, 0.25) is 0 Å². The average Bonchev–Trinajstić information content (AvgIpc) is 4.22. The normalized spacial score (nSPS) is 15.4. The van der Waals surface area contributed by atoms with E-state index in [1.807, 2.05) is 77.8 Å². The number of halogens is 1. The number of likely N-dealkylation sites (N-methyl/N-ethyl adjacent to an activating group) is 1. The van der Waals surface area contributed by atoms with E-state index in [-0.39, 0.29) is 53.4 Å².